The normalized spacial score (nSPS) is 17.6. The molecule has 2 rings (SSSR count). The SMILES string of the molecule is CC(C(=N)N)N1CCN(C(=O)Nc2ccccc2)CC1. The predicted molar refractivity (Wildman–Crippen MR) is 80.0 cm³/mol. The molecule has 1 aliphatic heterocycles. The highest BCUT2D eigenvalue weighted by molar-refractivity contribution is 5.89. The van der Waals surface area contributed by atoms with E-state index in [1.807, 2.05) is 37.3 Å². The smallest absolute Gasteiger partial charge is 0.321 e. The van der Waals surface area contributed by atoms with E-state index < -0.39 is 0 Å². The van der Waals surface area contributed by atoms with Gasteiger partial charge in [0.2, 0.25) is 0 Å². The number of piperazine rings is 1. The van der Waals surface area contributed by atoms with Crippen LogP contribution in [0.15, 0.2) is 30.3 Å². The zero-order valence-corrected chi connectivity index (χ0v) is 11.7. The third-order valence-electron chi connectivity index (χ3n) is 3.62. The second-order valence-electron chi connectivity index (χ2n) is 4.95. The first-order valence-corrected chi connectivity index (χ1v) is 6.77. The summed E-state index contributed by atoms with van der Waals surface area (Å²) in [6, 6.07) is 9.29. The van der Waals surface area contributed by atoms with Gasteiger partial charge in [0.15, 0.2) is 0 Å². The van der Waals surface area contributed by atoms with Crippen molar-refractivity contribution in [3.05, 3.63) is 30.3 Å². The van der Waals surface area contributed by atoms with Gasteiger partial charge in [0.05, 0.1) is 6.04 Å². The van der Waals surface area contributed by atoms with Gasteiger partial charge in [-0.2, -0.15) is 0 Å². The lowest BCUT2D eigenvalue weighted by molar-refractivity contribution is 0.138. The van der Waals surface area contributed by atoms with Gasteiger partial charge >= 0.3 is 6.03 Å². The molecule has 0 bridgehead atoms. The van der Waals surface area contributed by atoms with Crippen molar-refractivity contribution in [2.24, 2.45) is 5.73 Å². The Morgan fingerprint density at radius 2 is 1.85 bits per heavy atom. The zero-order valence-electron chi connectivity index (χ0n) is 11.7. The third-order valence-corrected chi connectivity index (χ3v) is 3.62. The highest BCUT2D eigenvalue weighted by Gasteiger charge is 2.25. The average molecular weight is 275 g/mol. The standard InChI is InChI=1S/C14H21N5O/c1-11(13(15)16)18-7-9-19(10-8-18)14(20)17-12-5-3-2-4-6-12/h2-6,11H,7-10H2,1H3,(H3,15,16)(H,17,20). The van der Waals surface area contributed by atoms with Gasteiger partial charge < -0.3 is 16.0 Å². The van der Waals surface area contributed by atoms with E-state index in [2.05, 4.69) is 10.2 Å². The maximum atomic E-state index is 12.1. The molecule has 1 aliphatic rings. The number of amides is 2. The summed E-state index contributed by atoms with van der Waals surface area (Å²) in [4.78, 5) is 16.0. The molecule has 1 atom stereocenters. The van der Waals surface area contributed by atoms with Crippen molar-refractivity contribution in [2.75, 3.05) is 31.5 Å². The Labute approximate surface area is 119 Å². The quantitative estimate of drug-likeness (QED) is 0.571. The lowest BCUT2D eigenvalue weighted by Gasteiger charge is -2.37. The molecule has 1 saturated heterocycles. The molecule has 1 heterocycles. The molecule has 0 saturated carbocycles. The van der Waals surface area contributed by atoms with E-state index in [1.165, 1.54) is 0 Å². The highest BCUT2D eigenvalue weighted by atomic mass is 16.2. The largest absolute Gasteiger partial charge is 0.386 e. The van der Waals surface area contributed by atoms with E-state index >= 15 is 0 Å². The Bertz CT molecular complexity index is 468. The van der Waals surface area contributed by atoms with Crippen molar-refractivity contribution in [1.82, 2.24) is 9.80 Å². The van der Waals surface area contributed by atoms with E-state index in [4.69, 9.17) is 11.1 Å². The number of carbonyl (C=O) groups excluding carboxylic acids is 1. The van der Waals surface area contributed by atoms with Crippen LogP contribution < -0.4 is 11.1 Å². The number of nitrogens with one attached hydrogen (secondary N) is 2. The number of benzene rings is 1. The van der Waals surface area contributed by atoms with Gasteiger partial charge in [0, 0.05) is 31.9 Å². The minimum absolute atomic E-state index is 0.0608. The molecule has 1 unspecified atom stereocenters. The van der Waals surface area contributed by atoms with Gasteiger partial charge in [-0.15, -0.1) is 0 Å². The van der Waals surface area contributed by atoms with E-state index in [1.54, 1.807) is 4.90 Å². The van der Waals surface area contributed by atoms with Crippen LogP contribution in [0.4, 0.5) is 10.5 Å². The van der Waals surface area contributed by atoms with Crippen LogP contribution in [0, 0.1) is 5.41 Å². The summed E-state index contributed by atoms with van der Waals surface area (Å²) in [5.74, 6) is 0.173. The van der Waals surface area contributed by atoms with Crippen molar-refractivity contribution < 1.29 is 4.79 Å². The molecule has 6 heteroatoms. The Balaban J connectivity index is 1.84. The van der Waals surface area contributed by atoms with Gasteiger partial charge in [-0.1, -0.05) is 18.2 Å². The van der Waals surface area contributed by atoms with Crippen LogP contribution in [0.2, 0.25) is 0 Å². The summed E-state index contributed by atoms with van der Waals surface area (Å²) in [5, 5.41) is 10.3. The maximum Gasteiger partial charge on any atom is 0.321 e. The molecule has 2 amide bonds. The third kappa shape index (κ3) is 3.48. The number of nitrogens with zero attached hydrogens (tertiary/aromatic N) is 2. The predicted octanol–water partition coefficient (Wildman–Crippen LogP) is 1.16. The van der Waals surface area contributed by atoms with Crippen molar-refractivity contribution >= 4 is 17.6 Å². The number of nitrogens with two attached hydrogens (primary N) is 1. The second kappa shape index (κ2) is 6.38. The number of urea groups is 1. The van der Waals surface area contributed by atoms with Crippen molar-refractivity contribution in [2.45, 2.75) is 13.0 Å². The number of hydrogen-bond donors (Lipinski definition) is 3. The second-order valence-corrected chi connectivity index (χ2v) is 4.95. The van der Waals surface area contributed by atoms with Crippen LogP contribution in [0.25, 0.3) is 0 Å². The van der Waals surface area contributed by atoms with Crippen LogP contribution >= 0.6 is 0 Å². The molecular formula is C14H21N5O. The van der Waals surface area contributed by atoms with Gasteiger partial charge in [0.1, 0.15) is 5.84 Å². The van der Waals surface area contributed by atoms with E-state index in [0.717, 1.165) is 18.8 Å². The summed E-state index contributed by atoms with van der Waals surface area (Å²) in [5.41, 5.74) is 6.31. The van der Waals surface area contributed by atoms with Crippen LogP contribution in [0.5, 0.6) is 0 Å². The van der Waals surface area contributed by atoms with Crippen LogP contribution in [0.1, 0.15) is 6.92 Å². The Morgan fingerprint density at radius 3 is 2.40 bits per heavy atom. The fourth-order valence-electron chi connectivity index (χ4n) is 2.23. The summed E-state index contributed by atoms with van der Waals surface area (Å²) >= 11 is 0. The lowest BCUT2D eigenvalue weighted by Crippen LogP contribution is -2.54. The molecule has 0 aliphatic carbocycles. The van der Waals surface area contributed by atoms with E-state index in [9.17, 15) is 4.79 Å². The number of anilines is 1. The van der Waals surface area contributed by atoms with Gasteiger partial charge in [-0.25, -0.2) is 4.79 Å². The monoisotopic (exact) mass is 275 g/mol. The molecular weight excluding hydrogens is 254 g/mol. The van der Waals surface area contributed by atoms with E-state index in [-0.39, 0.29) is 17.9 Å². The fourth-order valence-corrected chi connectivity index (χ4v) is 2.23. The number of carbonyl (C=O) groups is 1. The molecule has 20 heavy (non-hydrogen) atoms. The molecule has 4 N–H and O–H groups in total. The average Bonchev–Trinajstić information content (AvgIpc) is 2.47. The molecule has 0 radical (unpaired) electrons. The molecule has 1 aromatic rings. The lowest BCUT2D eigenvalue weighted by atomic mass is 10.2. The van der Waals surface area contributed by atoms with Crippen LogP contribution in [-0.4, -0.2) is 53.9 Å². The van der Waals surface area contributed by atoms with Gasteiger partial charge in [0.25, 0.3) is 0 Å². The summed E-state index contributed by atoms with van der Waals surface area (Å²) in [6.07, 6.45) is 0. The number of hydrogen-bond acceptors (Lipinski definition) is 3. The zero-order chi connectivity index (χ0) is 14.5. The van der Waals surface area contributed by atoms with Crippen molar-refractivity contribution in [1.29, 1.82) is 5.41 Å². The molecule has 1 fully saturated rings. The van der Waals surface area contributed by atoms with E-state index in [0.29, 0.717) is 13.1 Å². The first-order chi connectivity index (χ1) is 9.58. The Morgan fingerprint density at radius 1 is 1.25 bits per heavy atom. The summed E-state index contributed by atoms with van der Waals surface area (Å²) in [7, 11) is 0. The minimum atomic E-state index is -0.0775. The van der Waals surface area contributed by atoms with Gasteiger partial charge in [-0.05, 0) is 19.1 Å². The fraction of sp³-hybridized carbons (Fsp3) is 0.429. The number of para-hydroxylation sites is 1. The van der Waals surface area contributed by atoms with Crippen LogP contribution in [-0.2, 0) is 0 Å². The first-order valence-electron chi connectivity index (χ1n) is 6.77. The van der Waals surface area contributed by atoms with Gasteiger partial charge in [-0.3, -0.25) is 10.3 Å². The molecule has 6 nitrogen and oxygen atoms in total. The Hall–Kier alpha value is -2.08. The highest BCUT2D eigenvalue weighted by Crippen LogP contribution is 2.10. The van der Waals surface area contributed by atoms with Crippen molar-refractivity contribution in [3.8, 4) is 0 Å². The first kappa shape index (κ1) is 14.3. The van der Waals surface area contributed by atoms with Crippen molar-refractivity contribution in [3.63, 3.8) is 0 Å². The minimum Gasteiger partial charge on any atom is -0.386 e. The molecule has 0 aromatic heterocycles. The number of rotatable bonds is 3. The molecule has 108 valence electrons. The summed E-state index contributed by atoms with van der Waals surface area (Å²) < 4.78 is 0. The maximum absolute atomic E-state index is 12.1. The topological polar surface area (TPSA) is 85.5 Å². The molecule has 0 spiro atoms. The molecule has 1 aromatic carbocycles. The number of amidine groups is 1. The Kier molecular flexibility index (Phi) is 4.57. The van der Waals surface area contributed by atoms with Crippen LogP contribution in [0.3, 0.4) is 0 Å². The summed E-state index contributed by atoms with van der Waals surface area (Å²) in [6.45, 7) is 4.69.